The number of hydrogen-bond donors (Lipinski definition) is 2. The van der Waals surface area contributed by atoms with E-state index in [-0.39, 0.29) is 0 Å². The summed E-state index contributed by atoms with van der Waals surface area (Å²) in [5.74, 6) is 1.55. The van der Waals surface area contributed by atoms with Gasteiger partial charge in [0.15, 0.2) is 0 Å². The molecule has 192 valence electrons. The number of nitrogens with zero attached hydrogens (tertiary/aromatic N) is 1. The van der Waals surface area contributed by atoms with Gasteiger partial charge in [0, 0.05) is 44.5 Å². The Bertz CT molecular complexity index is 893. The van der Waals surface area contributed by atoms with Gasteiger partial charge < -0.3 is 15.5 Å². The van der Waals surface area contributed by atoms with E-state index < -0.39 is 0 Å². The van der Waals surface area contributed by atoms with Gasteiger partial charge in [-0.15, -0.1) is 0 Å². The molecule has 0 amide bonds. The van der Waals surface area contributed by atoms with Crippen LogP contribution in [0.2, 0.25) is 0 Å². The van der Waals surface area contributed by atoms with Gasteiger partial charge in [0.2, 0.25) is 0 Å². The monoisotopic (exact) mass is 475 g/mol. The Kier molecular flexibility index (Phi) is 9.30. The predicted octanol–water partition coefficient (Wildman–Crippen LogP) is 7.26. The minimum atomic E-state index is 0.431. The van der Waals surface area contributed by atoms with Crippen molar-refractivity contribution in [2.24, 2.45) is 11.3 Å². The molecular weight excluding hydrogens is 426 g/mol. The molecule has 0 radical (unpaired) electrons. The molecule has 1 atom stereocenters. The van der Waals surface area contributed by atoms with Crippen molar-refractivity contribution in [1.82, 2.24) is 10.6 Å². The van der Waals surface area contributed by atoms with Gasteiger partial charge in [0.25, 0.3) is 0 Å². The van der Waals surface area contributed by atoms with Crippen LogP contribution < -0.4 is 15.5 Å². The van der Waals surface area contributed by atoms with Gasteiger partial charge in [0.05, 0.1) is 0 Å². The molecule has 3 nitrogen and oxygen atoms in total. The van der Waals surface area contributed by atoms with Crippen molar-refractivity contribution in [3.63, 3.8) is 0 Å². The first-order valence-electron chi connectivity index (χ1n) is 14.3. The summed E-state index contributed by atoms with van der Waals surface area (Å²) < 4.78 is 0. The van der Waals surface area contributed by atoms with Gasteiger partial charge in [-0.2, -0.15) is 0 Å². The number of piperazine rings is 1. The minimum Gasteiger partial charge on any atom is -0.366 e. The molecule has 2 aliphatic rings. The predicted molar refractivity (Wildman–Crippen MR) is 151 cm³/mol. The molecule has 3 heteroatoms. The van der Waals surface area contributed by atoms with Crippen molar-refractivity contribution in [2.75, 3.05) is 24.5 Å². The molecule has 2 aromatic rings. The van der Waals surface area contributed by atoms with Crippen LogP contribution in [-0.2, 0) is 13.1 Å². The standard InChI is InChI=1S/C32H49N3/c1-5-6-12-29-24-33-19-20-35(29)31-18-13-26(23-34-22-25-10-8-7-9-11-25)21-30(31)27-14-16-28(17-15-27)32(2,3)4/h7-11,13,18,21,27-29,33-34H,5-6,12,14-17,19-20,22-24H2,1-4H3. The van der Waals surface area contributed by atoms with Crippen LogP contribution in [0, 0.1) is 11.3 Å². The average molecular weight is 476 g/mol. The molecule has 1 aliphatic carbocycles. The summed E-state index contributed by atoms with van der Waals surface area (Å²) in [4.78, 5) is 2.76. The molecule has 1 saturated carbocycles. The van der Waals surface area contributed by atoms with E-state index in [0.29, 0.717) is 17.4 Å². The molecule has 35 heavy (non-hydrogen) atoms. The van der Waals surface area contributed by atoms with Crippen molar-refractivity contribution < 1.29 is 0 Å². The van der Waals surface area contributed by atoms with Gasteiger partial charge in [-0.25, -0.2) is 0 Å². The van der Waals surface area contributed by atoms with E-state index in [9.17, 15) is 0 Å². The van der Waals surface area contributed by atoms with Crippen LogP contribution in [0.1, 0.15) is 95.2 Å². The lowest BCUT2D eigenvalue weighted by Gasteiger charge is -2.42. The van der Waals surface area contributed by atoms with E-state index in [2.05, 4.69) is 91.8 Å². The van der Waals surface area contributed by atoms with Gasteiger partial charge >= 0.3 is 0 Å². The molecule has 2 N–H and O–H groups in total. The second-order valence-electron chi connectivity index (χ2n) is 12.1. The van der Waals surface area contributed by atoms with Crippen LogP contribution >= 0.6 is 0 Å². The number of unbranched alkanes of at least 4 members (excludes halogenated alkanes) is 1. The van der Waals surface area contributed by atoms with Crippen molar-refractivity contribution in [3.05, 3.63) is 65.2 Å². The van der Waals surface area contributed by atoms with E-state index in [1.165, 1.54) is 61.8 Å². The molecule has 0 spiro atoms. The molecule has 1 aliphatic heterocycles. The Morgan fingerprint density at radius 3 is 2.40 bits per heavy atom. The maximum absolute atomic E-state index is 3.69. The number of nitrogens with one attached hydrogen (secondary N) is 2. The Morgan fingerprint density at radius 1 is 0.943 bits per heavy atom. The Balaban J connectivity index is 1.54. The summed E-state index contributed by atoms with van der Waals surface area (Å²) in [6, 6.07) is 18.8. The van der Waals surface area contributed by atoms with Crippen LogP contribution in [0.25, 0.3) is 0 Å². The normalized spacial score (nSPS) is 23.4. The zero-order chi connectivity index (χ0) is 24.7. The first-order valence-corrected chi connectivity index (χ1v) is 14.3. The largest absolute Gasteiger partial charge is 0.366 e. The van der Waals surface area contributed by atoms with E-state index >= 15 is 0 Å². The van der Waals surface area contributed by atoms with Crippen LogP contribution in [-0.4, -0.2) is 25.7 Å². The zero-order valence-corrected chi connectivity index (χ0v) is 22.8. The first-order chi connectivity index (χ1) is 17.0. The third kappa shape index (κ3) is 7.11. The maximum atomic E-state index is 3.69. The van der Waals surface area contributed by atoms with Crippen molar-refractivity contribution in [2.45, 2.75) is 97.7 Å². The van der Waals surface area contributed by atoms with E-state index in [1.807, 2.05) is 0 Å². The Hall–Kier alpha value is -1.84. The second-order valence-corrected chi connectivity index (χ2v) is 12.1. The lowest BCUT2D eigenvalue weighted by atomic mass is 9.68. The highest BCUT2D eigenvalue weighted by Gasteiger charge is 2.32. The molecule has 4 rings (SSSR count). The van der Waals surface area contributed by atoms with Crippen molar-refractivity contribution in [3.8, 4) is 0 Å². The van der Waals surface area contributed by atoms with Crippen LogP contribution in [0.5, 0.6) is 0 Å². The number of benzene rings is 2. The quantitative estimate of drug-likeness (QED) is 0.399. The third-order valence-corrected chi connectivity index (χ3v) is 8.54. The van der Waals surface area contributed by atoms with Crippen LogP contribution in [0.4, 0.5) is 5.69 Å². The highest BCUT2D eigenvalue weighted by atomic mass is 15.2. The third-order valence-electron chi connectivity index (χ3n) is 8.54. The second kappa shape index (κ2) is 12.4. The van der Waals surface area contributed by atoms with Gasteiger partial charge in [0.1, 0.15) is 0 Å². The number of anilines is 1. The molecular formula is C32H49N3. The topological polar surface area (TPSA) is 27.3 Å². The SMILES string of the molecule is CCCCC1CNCCN1c1ccc(CNCc2ccccc2)cc1C1CCC(C(C)(C)C)CC1. The van der Waals surface area contributed by atoms with Gasteiger partial charge in [-0.05, 0) is 72.1 Å². The van der Waals surface area contributed by atoms with Crippen molar-refractivity contribution >= 4 is 5.69 Å². The van der Waals surface area contributed by atoms with Crippen molar-refractivity contribution in [1.29, 1.82) is 0 Å². The summed E-state index contributed by atoms with van der Waals surface area (Å²) in [6.45, 7) is 14.8. The van der Waals surface area contributed by atoms with Crippen LogP contribution in [0.15, 0.2) is 48.5 Å². The zero-order valence-electron chi connectivity index (χ0n) is 22.8. The fourth-order valence-electron chi connectivity index (χ4n) is 6.30. The average Bonchev–Trinajstić information content (AvgIpc) is 2.88. The summed E-state index contributed by atoms with van der Waals surface area (Å²) >= 11 is 0. The minimum absolute atomic E-state index is 0.431. The van der Waals surface area contributed by atoms with E-state index in [1.54, 1.807) is 5.56 Å². The first kappa shape index (κ1) is 26.2. The molecule has 0 bridgehead atoms. The van der Waals surface area contributed by atoms with Crippen LogP contribution in [0.3, 0.4) is 0 Å². The summed E-state index contributed by atoms with van der Waals surface area (Å²) in [5, 5.41) is 7.36. The number of rotatable bonds is 9. The van der Waals surface area contributed by atoms with Gasteiger partial charge in [-0.3, -0.25) is 0 Å². The Labute approximate surface area is 215 Å². The summed E-state index contributed by atoms with van der Waals surface area (Å²) in [7, 11) is 0. The van der Waals surface area contributed by atoms with E-state index in [0.717, 1.165) is 38.6 Å². The lowest BCUT2D eigenvalue weighted by molar-refractivity contribution is 0.169. The number of hydrogen-bond acceptors (Lipinski definition) is 3. The Morgan fingerprint density at radius 2 is 1.69 bits per heavy atom. The lowest BCUT2D eigenvalue weighted by Crippen LogP contribution is -2.51. The smallest absolute Gasteiger partial charge is 0.0415 e. The summed E-state index contributed by atoms with van der Waals surface area (Å²) in [5.41, 5.74) is 6.36. The fourth-order valence-corrected chi connectivity index (χ4v) is 6.30. The highest BCUT2D eigenvalue weighted by Crippen LogP contribution is 2.45. The summed E-state index contributed by atoms with van der Waals surface area (Å²) in [6.07, 6.45) is 9.29. The highest BCUT2D eigenvalue weighted by molar-refractivity contribution is 5.58. The molecule has 1 heterocycles. The molecule has 2 aromatic carbocycles. The molecule has 0 aromatic heterocycles. The fraction of sp³-hybridized carbons (Fsp3) is 0.625. The van der Waals surface area contributed by atoms with E-state index in [4.69, 9.17) is 0 Å². The van der Waals surface area contributed by atoms with Gasteiger partial charge in [-0.1, -0.05) is 83.0 Å². The molecule has 1 saturated heterocycles. The molecule has 1 unspecified atom stereocenters. The maximum Gasteiger partial charge on any atom is 0.0415 e. The molecule has 2 fully saturated rings.